The third-order valence-electron chi connectivity index (χ3n) is 1.72. The van der Waals surface area contributed by atoms with Gasteiger partial charge in [-0.15, -0.1) is 0 Å². The Morgan fingerprint density at radius 2 is 1.87 bits per heavy atom. The van der Waals surface area contributed by atoms with Crippen molar-refractivity contribution in [1.29, 1.82) is 0 Å². The summed E-state index contributed by atoms with van der Waals surface area (Å²) in [5.41, 5.74) is 1.08. The molecule has 0 atom stereocenters. The van der Waals surface area contributed by atoms with E-state index in [9.17, 15) is 0 Å². The van der Waals surface area contributed by atoms with Crippen LogP contribution in [0.3, 0.4) is 0 Å². The zero-order valence-corrected chi connectivity index (χ0v) is 11.2. The van der Waals surface area contributed by atoms with Crippen LogP contribution in [0.5, 0.6) is 0 Å². The zero-order chi connectivity index (χ0) is 11.5. The fraction of sp³-hybridized carbons (Fsp3) is 0.455. The molecule has 82 valence electrons. The Bertz CT molecular complexity index is 330. The van der Waals surface area contributed by atoms with E-state index in [2.05, 4.69) is 25.8 Å². The first-order valence-electron chi connectivity index (χ1n) is 4.77. The van der Waals surface area contributed by atoms with Crippen molar-refractivity contribution in [2.24, 2.45) is 0 Å². The maximum Gasteiger partial charge on any atom is 0.141 e. The number of pyridine rings is 1. The molecule has 0 radical (unpaired) electrons. The van der Waals surface area contributed by atoms with Crippen molar-refractivity contribution in [2.75, 3.05) is 11.9 Å². The van der Waals surface area contributed by atoms with Gasteiger partial charge in [0.05, 0.1) is 0 Å². The molecule has 1 aromatic heterocycles. The summed E-state index contributed by atoms with van der Waals surface area (Å²) in [6, 6.07) is 3.91. The Hall–Kier alpha value is -0.610. The van der Waals surface area contributed by atoms with Crippen LogP contribution in [-0.2, 0) is 0 Å². The molecule has 1 aromatic rings. The summed E-state index contributed by atoms with van der Waals surface area (Å²) < 4.78 is 1.03. The van der Waals surface area contributed by atoms with Gasteiger partial charge in [0.15, 0.2) is 0 Å². The minimum absolute atomic E-state index is 0.151. The second kappa shape index (κ2) is 4.94. The summed E-state index contributed by atoms with van der Waals surface area (Å²) in [5.74, 6) is 0. The molecule has 15 heavy (non-hydrogen) atoms. The third kappa shape index (κ3) is 4.18. The molecule has 4 heteroatoms. The lowest BCUT2D eigenvalue weighted by Gasteiger charge is -2.25. The molecule has 0 aliphatic heterocycles. The van der Waals surface area contributed by atoms with E-state index in [0.717, 1.165) is 10.0 Å². The van der Waals surface area contributed by atoms with Crippen molar-refractivity contribution >= 4 is 34.0 Å². The molecule has 0 aromatic carbocycles. The van der Waals surface area contributed by atoms with Crippen LogP contribution < -0.4 is 4.90 Å². The summed E-state index contributed by atoms with van der Waals surface area (Å²) in [6.07, 6.45) is 3.55. The standard InChI is InChI=1S/C11H16N2S2/c1-11(2,3)15-10(14)13(4)9-5-7-12-8-6-9/h5-8H,1-4H3. The maximum absolute atomic E-state index is 5.38. The van der Waals surface area contributed by atoms with Crippen LogP contribution in [0, 0.1) is 0 Å². The smallest absolute Gasteiger partial charge is 0.141 e. The SMILES string of the molecule is CN(C(=S)SC(C)(C)C)c1ccncc1. The van der Waals surface area contributed by atoms with Crippen LogP contribution >= 0.6 is 24.0 Å². The molecular weight excluding hydrogens is 224 g/mol. The minimum atomic E-state index is 0.151. The first-order valence-corrected chi connectivity index (χ1v) is 5.99. The number of hydrogen-bond donors (Lipinski definition) is 0. The van der Waals surface area contributed by atoms with Crippen molar-refractivity contribution in [3.63, 3.8) is 0 Å². The lowest BCUT2D eigenvalue weighted by atomic mass is 10.3. The number of aromatic nitrogens is 1. The first kappa shape index (κ1) is 12.5. The van der Waals surface area contributed by atoms with Gasteiger partial charge in [-0.05, 0) is 12.1 Å². The van der Waals surface area contributed by atoms with E-state index in [1.165, 1.54) is 0 Å². The van der Waals surface area contributed by atoms with Crippen LogP contribution in [0.2, 0.25) is 0 Å². The van der Waals surface area contributed by atoms with Crippen molar-refractivity contribution in [2.45, 2.75) is 25.5 Å². The first-order chi connectivity index (χ1) is 6.90. The summed E-state index contributed by atoms with van der Waals surface area (Å²) >= 11 is 7.07. The summed E-state index contributed by atoms with van der Waals surface area (Å²) in [4.78, 5) is 5.99. The van der Waals surface area contributed by atoms with E-state index >= 15 is 0 Å². The Kier molecular flexibility index (Phi) is 4.11. The second-order valence-corrected chi connectivity index (χ2v) is 6.71. The van der Waals surface area contributed by atoms with Gasteiger partial charge in [-0.3, -0.25) is 4.98 Å². The molecule has 2 nitrogen and oxygen atoms in total. The molecule has 1 rings (SSSR count). The Morgan fingerprint density at radius 1 is 1.33 bits per heavy atom. The van der Waals surface area contributed by atoms with E-state index in [1.807, 2.05) is 24.1 Å². The van der Waals surface area contributed by atoms with Crippen LogP contribution in [0.4, 0.5) is 5.69 Å². The summed E-state index contributed by atoms with van der Waals surface area (Å²) in [6.45, 7) is 6.47. The van der Waals surface area contributed by atoms with E-state index in [0.29, 0.717) is 0 Å². The van der Waals surface area contributed by atoms with Crippen LogP contribution in [0.15, 0.2) is 24.5 Å². The average molecular weight is 240 g/mol. The number of thioether (sulfide) groups is 1. The van der Waals surface area contributed by atoms with Gasteiger partial charge in [-0.25, -0.2) is 0 Å². The molecule has 0 spiro atoms. The van der Waals surface area contributed by atoms with Crippen LogP contribution in [-0.4, -0.2) is 21.1 Å². The predicted octanol–water partition coefficient (Wildman–Crippen LogP) is 3.33. The third-order valence-corrected chi connectivity index (χ3v) is 3.30. The largest absolute Gasteiger partial charge is 0.330 e. The Labute approximate surface area is 101 Å². The highest BCUT2D eigenvalue weighted by molar-refractivity contribution is 8.24. The topological polar surface area (TPSA) is 16.1 Å². The summed E-state index contributed by atoms with van der Waals surface area (Å²) in [7, 11) is 1.98. The molecule has 0 bridgehead atoms. The van der Waals surface area contributed by atoms with Gasteiger partial charge in [0.2, 0.25) is 0 Å². The molecule has 0 amide bonds. The van der Waals surface area contributed by atoms with Crippen molar-refractivity contribution in [3.05, 3.63) is 24.5 Å². The van der Waals surface area contributed by atoms with Crippen LogP contribution in [0.25, 0.3) is 0 Å². The number of rotatable bonds is 1. The monoisotopic (exact) mass is 240 g/mol. The molecule has 0 saturated heterocycles. The predicted molar refractivity (Wildman–Crippen MR) is 72.6 cm³/mol. The maximum atomic E-state index is 5.38. The van der Waals surface area contributed by atoms with E-state index < -0.39 is 0 Å². The fourth-order valence-electron chi connectivity index (χ4n) is 1.00. The van der Waals surface area contributed by atoms with E-state index in [-0.39, 0.29) is 4.75 Å². The molecule has 0 N–H and O–H groups in total. The quantitative estimate of drug-likeness (QED) is 0.700. The van der Waals surface area contributed by atoms with Gasteiger partial charge in [-0.1, -0.05) is 44.8 Å². The van der Waals surface area contributed by atoms with Gasteiger partial charge < -0.3 is 4.90 Å². The Balaban J connectivity index is 2.70. The highest BCUT2D eigenvalue weighted by Gasteiger charge is 2.17. The van der Waals surface area contributed by atoms with Gasteiger partial charge >= 0.3 is 0 Å². The second-order valence-electron chi connectivity index (χ2n) is 4.24. The Morgan fingerprint density at radius 3 is 2.33 bits per heavy atom. The number of thiocarbonyl (C=S) groups is 1. The molecule has 0 unspecified atom stereocenters. The minimum Gasteiger partial charge on any atom is -0.330 e. The molecule has 0 aliphatic rings. The lowest BCUT2D eigenvalue weighted by molar-refractivity contribution is 0.809. The van der Waals surface area contributed by atoms with Gasteiger partial charge in [0, 0.05) is 29.9 Å². The average Bonchev–Trinajstić information content (AvgIpc) is 2.15. The molecular formula is C11H16N2S2. The van der Waals surface area contributed by atoms with E-state index in [1.54, 1.807) is 24.2 Å². The van der Waals surface area contributed by atoms with Crippen molar-refractivity contribution in [3.8, 4) is 0 Å². The molecule has 0 aliphatic carbocycles. The van der Waals surface area contributed by atoms with Crippen LogP contribution in [0.1, 0.15) is 20.8 Å². The number of hydrogen-bond acceptors (Lipinski definition) is 3. The number of nitrogens with zero attached hydrogens (tertiary/aromatic N) is 2. The lowest BCUT2D eigenvalue weighted by Crippen LogP contribution is -2.25. The number of anilines is 1. The molecule has 0 fully saturated rings. The van der Waals surface area contributed by atoms with Gasteiger partial charge in [0.25, 0.3) is 0 Å². The molecule has 0 saturated carbocycles. The summed E-state index contributed by atoms with van der Waals surface area (Å²) in [5, 5.41) is 0. The van der Waals surface area contributed by atoms with Crippen molar-refractivity contribution < 1.29 is 0 Å². The van der Waals surface area contributed by atoms with Crippen molar-refractivity contribution in [1.82, 2.24) is 4.98 Å². The molecule has 1 heterocycles. The highest BCUT2D eigenvalue weighted by Crippen LogP contribution is 2.27. The van der Waals surface area contributed by atoms with Gasteiger partial charge in [0.1, 0.15) is 4.32 Å². The normalized spacial score (nSPS) is 11.2. The highest BCUT2D eigenvalue weighted by atomic mass is 32.2. The fourth-order valence-corrected chi connectivity index (χ4v) is 2.63. The van der Waals surface area contributed by atoms with E-state index in [4.69, 9.17) is 12.2 Å². The van der Waals surface area contributed by atoms with Gasteiger partial charge in [-0.2, -0.15) is 0 Å². The zero-order valence-electron chi connectivity index (χ0n) is 9.52.